The summed E-state index contributed by atoms with van der Waals surface area (Å²) in [6.07, 6.45) is 1.32. The van der Waals surface area contributed by atoms with E-state index < -0.39 is 12.0 Å². The molecule has 1 aliphatic rings. The van der Waals surface area contributed by atoms with Gasteiger partial charge in [0.1, 0.15) is 6.04 Å². The second-order valence-electron chi connectivity index (χ2n) is 3.45. The van der Waals surface area contributed by atoms with Crippen molar-refractivity contribution >= 4 is 17.3 Å². The Hall–Kier alpha value is -1.71. The highest BCUT2D eigenvalue weighted by molar-refractivity contribution is 5.80. The zero-order chi connectivity index (χ0) is 10.1. The molecule has 14 heavy (non-hydrogen) atoms. The summed E-state index contributed by atoms with van der Waals surface area (Å²) in [7, 11) is 0. The Labute approximate surface area is 81.7 Å². The van der Waals surface area contributed by atoms with Crippen LogP contribution in [0.2, 0.25) is 0 Å². The molecule has 4 nitrogen and oxygen atoms in total. The average molecular weight is 192 g/mol. The lowest BCUT2D eigenvalue weighted by Crippen LogP contribution is -2.33. The molecule has 0 radical (unpaired) electrons. The number of benzene rings is 1. The maximum Gasteiger partial charge on any atom is 0.326 e. The molecule has 0 fully saturated rings. The topological polar surface area (TPSA) is 75.4 Å². The van der Waals surface area contributed by atoms with Gasteiger partial charge < -0.3 is 16.2 Å². The summed E-state index contributed by atoms with van der Waals surface area (Å²) in [4.78, 5) is 10.8. The van der Waals surface area contributed by atoms with E-state index in [1.54, 1.807) is 0 Å². The minimum absolute atomic E-state index is 0.482. The van der Waals surface area contributed by atoms with Gasteiger partial charge in [0.2, 0.25) is 0 Å². The van der Waals surface area contributed by atoms with Crippen molar-refractivity contribution in [2.45, 2.75) is 18.9 Å². The molecule has 1 aliphatic heterocycles. The van der Waals surface area contributed by atoms with Crippen LogP contribution in [0.1, 0.15) is 12.0 Å². The molecular weight excluding hydrogens is 180 g/mol. The molecule has 0 aliphatic carbocycles. The molecule has 0 unspecified atom stereocenters. The van der Waals surface area contributed by atoms with E-state index in [1.807, 2.05) is 18.2 Å². The summed E-state index contributed by atoms with van der Waals surface area (Å²) in [6, 6.07) is 5.04. The van der Waals surface area contributed by atoms with Gasteiger partial charge in [-0.25, -0.2) is 4.79 Å². The number of carbonyl (C=O) groups is 1. The van der Waals surface area contributed by atoms with Gasteiger partial charge in [0, 0.05) is 11.4 Å². The summed E-state index contributed by atoms with van der Waals surface area (Å²) in [6.45, 7) is 0. The molecule has 4 N–H and O–H groups in total. The number of nitrogens with two attached hydrogens (primary N) is 1. The molecule has 0 saturated carbocycles. The molecule has 1 heterocycles. The lowest BCUT2D eigenvalue weighted by atomic mass is 9.97. The van der Waals surface area contributed by atoms with Crippen LogP contribution in [-0.4, -0.2) is 17.1 Å². The first-order valence-corrected chi connectivity index (χ1v) is 4.55. The largest absolute Gasteiger partial charge is 0.480 e. The van der Waals surface area contributed by atoms with Crippen LogP contribution in [0.15, 0.2) is 18.2 Å². The SMILES string of the molecule is Nc1cccc2c1CC[C@@H](C(=O)O)N2. The van der Waals surface area contributed by atoms with E-state index >= 15 is 0 Å². The maximum atomic E-state index is 10.8. The Morgan fingerprint density at radius 3 is 3.07 bits per heavy atom. The number of fused-ring (bicyclic) bond motifs is 1. The van der Waals surface area contributed by atoms with Crippen LogP contribution >= 0.6 is 0 Å². The van der Waals surface area contributed by atoms with E-state index in [1.165, 1.54) is 0 Å². The molecule has 1 aromatic carbocycles. The van der Waals surface area contributed by atoms with Gasteiger partial charge in [-0.2, -0.15) is 0 Å². The van der Waals surface area contributed by atoms with Crippen molar-refractivity contribution in [1.29, 1.82) is 0 Å². The van der Waals surface area contributed by atoms with E-state index in [2.05, 4.69) is 5.32 Å². The number of nitrogens with one attached hydrogen (secondary N) is 1. The first-order chi connectivity index (χ1) is 6.68. The first-order valence-electron chi connectivity index (χ1n) is 4.55. The summed E-state index contributed by atoms with van der Waals surface area (Å²) in [5.41, 5.74) is 8.39. The standard InChI is InChI=1S/C10H12N2O2/c11-7-2-1-3-8-6(7)4-5-9(12-8)10(13)14/h1-3,9,12H,4-5,11H2,(H,13,14)/t9-/m0/s1. The van der Waals surface area contributed by atoms with Crippen LogP contribution in [0, 0.1) is 0 Å². The molecule has 0 spiro atoms. The zero-order valence-corrected chi connectivity index (χ0v) is 7.66. The molecule has 0 bridgehead atoms. The van der Waals surface area contributed by atoms with E-state index in [-0.39, 0.29) is 0 Å². The molecule has 74 valence electrons. The molecule has 4 heteroatoms. The predicted molar refractivity (Wildman–Crippen MR) is 54.2 cm³/mol. The van der Waals surface area contributed by atoms with Gasteiger partial charge in [0.15, 0.2) is 0 Å². The van der Waals surface area contributed by atoms with Crippen molar-refractivity contribution in [3.63, 3.8) is 0 Å². The Kier molecular flexibility index (Phi) is 2.04. The number of rotatable bonds is 1. The van der Waals surface area contributed by atoms with Gasteiger partial charge in [0.05, 0.1) is 0 Å². The molecular formula is C10H12N2O2. The Morgan fingerprint density at radius 2 is 2.36 bits per heavy atom. The van der Waals surface area contributed by atoms with Crippen molar-refractivity contribution in [1.82, 2.24) is 0 Å². The molecule has 1 atom stereocenters. The number of hydrogen-bond donors (Lipinski definition) is 3. The van der Waals surface area contributed by atoms with Crippen molar-refractivity contribution < 1.29 is 9.90 Å². The first kappa shape index (κ1) is 8.87. The van der Waals surface area contributed by atoms with Gasteiger partial charge in [-0.3, -0.25) is 0 Å². The normalized spacial score (nSPS) is 19.6. The molecule has 1 aromatic rings. The number of hydrogen-bond acceptors (Lipinski definition) is 3. The number of nitrogen functional groups attached to an aromatic ring is 1. The number of anilines is 2. The Morgan fingerprint density at radius 1 is 1.57 bits per heavy atom. The monoisotopic (exact) mass is 192 g/mol. The maximum absolute atomic E-state index is 10.8. The van der Waals surface area contributed by atoms with Crippen molar-refractivity contribution in [3.05, 3.63) is 23.8 Å². The number of carboxylic acid groups (broad SMARTS) is 1. The summed E-state index contributed by atoms with van der Waals surface area (Å²) in [5.74, 6) is -0.807. The van der Waals surface area contributed by atoms with Gasteiger partial charge >= 0.3 is 5.97 Å². The van der Waals surface area contributed by atoms with Gasteiger partial charge in [-0.15, -0.1) is 0 Å². The van der Waals surface area contributed by atoms with Crippen LogP contribution < -0.4 is 11.1 Å². The summed E-state index contributed by atoms with van der Waals surface area (Å²) >= 11 is 0. The minimum Gasteiger partial charge on any atom is -0.480 e. The van der Waals surface area contributed by atoms with Crippen molar-refractivity contribution in [3.8, 4) is 0 Å². The highest BCUT2D eigenvalue weighted by Gasteiger charge is 2.23. The second-order valence-corrected chi connectivity index (χ2v) is 3.45. The Balaban J connectivity index is 2.31. The van der Waals surface area contributed by atoms with Gasteiger partial charge in [0.25, 0.3) is 0 Å². The third-order valence-electron chi connectivity index (χ3n) is 2.52. The average Bonchev–Trinajstić information content (AvgIpc) is 2.17. The fraction of sp³-hybridized carbons (Fsp3) is 0.300. The Bertz CT molecular complexity index is 376. The van der Waals surface area contributed by atoms with Crippen LogP contribution in [0.3, 0.4) is 0 Å². The fourth-order valence-electron chi connectivity index (χ4n) is 1.75. The molecule has 0 saturated heterocycles. The van der Waals surface area contributed by atoms with Crippen LogP contribution in [0.25, 0.3) is 0 Å². The summed E-state index contributed by atoms with van der Waals surface area (Å²) < 4.78 is 0. The fourth-order valence-corrected chi connectivity index (χ4v) is 1.75. The lowest BCUT2D eigenvalue weighted by Gasteiger charge is -2.24. The molecule has 2 rings (SSSR count). The van der Waals surface area contributed by atoms with Crippen LogP contribution in [0.5, 0.6) is 0 Å². The number of carboxylic acids is 1. The molecule has 0 amide bonds. The minimum atomic E-state index is -0.807. The van der Waals surface area contributed by atoms with E-state index in [9.17, 15) is 4.79 Å². The van der Waals surface area contributed by atoms with Crippen LogP contribution in [0.4, 0.5) is 11.4 Å². The zero-order valence-electron chi connectivity index (χ0n) is 7.66. The highest BCUT2D eigenvalue weighted by Crippen LogP contribution is 2.29. The third kappa shape index (κ3) is 1.39. The lowest BCUT2D eigenvalue weighted by molar-refractivity contribution is -0.138. The van der Waals surface area contributed by atoms with E-state index in [0.29, 0.717) is 6.42 Å². The van der Waals surface area contributed by atoms with Gasteiger partial charge in [-0.05, 0) is 30.5 Å². The quantitative estimate of drug-likeness (QED) is 0.582. The van der Waals surface area contributed by atoms with Crippen LogP contribution in [-0.2, 0) is 11.2 Å². The van der Waals surface area contributed by atoms with E-state index in [4.69, 9.17) is 10.8 Å². The number of aliphatic carboxylic acids is 1. The van der Waals surface area contributed by atoms with Crippen molar-refractivity contribution in [2.75, 3.05) is 11.1 Å². The summed E-state index contributed by atoms with van der Waals surface area (Å²) in [5, 5.41) is 11.8. The third-order valence-corrected chi connectivity index (χ3v) is 2.52. The van der Waals surface area contributed by atoms with E-state index in [0.717, 1.165) is 23.4 Å². The van der Waals surface area contributed by atoms with Gasteiger partial charge in [-0.1, -0.05) is 6.07 Å². The van der Waals surface area contributed by atoms with Crippen molar-refractivity contribution in [2.24, 2.45) is 0 Å². The molecule has 0 aromatic heterocycles. The second kappa shape index (κ2) is 3.21. The smallest absolute Gasteiger partial charge is 0.326 e. The predicted octanol–water partition coefficient (Wildman–Crippen LogP) is 1.08. The highest BCUT2D eigenvalue weighted by atomic mass is 16.4.